The van der Waals surface area contributed by atoms with Crippen LogP contribution in [0.15, 0.2) is 53.4 Å². The number of carbonyl (C=O) groups is 1. The van der Waals surface area contributed by atoms with E-state index in [9.17, 15) is 13.2 Å². The molecule has 31 heavy (non-hydrogen) atoms. The average Bonchev–Trinajstić information content (AvgIpc) is 2.76. The van der Waals surface area contributed by atoms with E-state index >= 15 is 0 Å². The van der Waals surface area contributed by atoms with Crippen LogP contribution in [0.2, 0.25) is 0 Å². The smallest absolute Gasteiger partial charge is 0.251 e. The van der Waals surface area contributed by atoms with E-state index in [0.29, 0.717) is 16.9 Å². The number of nitrogens with zero attached hydrogens (tertiary/aromatic N) is 1. The molecule has 0 heterocycles. The van der Waals surface area contributed by atoms with Crippen molar-refractivity contribution in [3.8, 4) is 5.75 Å². The summed E-state index contributed by atoms with van der Waals surface area (Å²) in [5, 5.41) is 3.17. The van der Waals surface area contributed by atoms with Gasteiger partial charge in [0.05, 0.1) is 12.0 Å². The molecule has 1 aliphatic rings. The molecule has 0 radical (unpaired) electrons. The van der Waals surface area contributed by atoms with E-state index in [1.807, 2.05) is 0 Å². The highest BCUT2D eigenvalue weighted by atomic mass is 32.2. The van der Waals surface area contributed by atoms with Crippen LogP contribution in [0.4, 0.5) is 0 Å². The molecular weight excluding hydrogens is 412 g/mol. The summed E-state index contributed by atoms with van der Waals surface area (Å²) in [4.78, 5) is 13.1. The van der Waals surface area contributed by atoms with E-state index in [4.69, 9.17) is 4.74 Å². The fourth-order valence-corrected chi connectivity index (χ4v) is 5.18. The number of sulfonamides is 1. The number of ether oxygens (including phenoxy) is 1. The van der Waals surface area contributed by atoms with E-state index in [2.05, 4.69) is 5.32 Å². The number of benzene rings is 2. The molecule has 0 aromatic heterocycles. The SMILES string of the molecule is COc1ccc(C(=O)NC2CCCCCCC2)cc1CN(C)S(=O)(=O)c1ccccc1. The maximum absolute atomic E-state index is 12.9. The standard InChI is InChI=1S/C24H32N2O4S/c1-26(31(28,29)22-13-9-6-10-14-22)18-20-17-19(15-16-23(20)30-2)24(27)25-21-11-7-4-3-5-8-12-21/h6,9-10,13-17,21H,3-5,7-8,11-12,18H2,1-2H3,(H,25,27). The minimum atomic E-state index is -3.65. The van der Waals surface area contributed by atoms with Gasteiger partial charge in [-0.2, -0.15) is 4.31 Å². The van der Waals surface area contributed by atoms with Crippen LogP contribution in [0, 0.1) is 0 Å². The van der Waals surface area contributed by atoms with Crippen LogP contribution in [0.1, 0.15) is 60.9 Å². The van der Waals surface area contributed by atoms with Crippen LogP contribution in [0.3, 0.4) is 0 Å². The summed E-state index contributed by atoms with van der Waals surface area (Å²) < 4.78 is 32.5. The molecule has 1 saturated carbocycles. The molecule has 2 aromatic carbocycles. The second kappa shape index (κ2) is 10.8. The predicted molar refractivity (Wildman–Crippen MR) is 122 cm³/mol. The molecule has 1 aliphatic carbocycles. The van der Waals surface area contributed by atoms with Gasteiger partial charge in [-0.15, -0.1) is 0 Å². The highest BCUT2D eigenvalue weighted by Crippen LogP contribution is 2.25. The Morgan fingerprint density at radius 2 is 1.68 bits per heavy atom. The fourth-order valence-electron chi connectivity index (χ4n) is 4.01. The van der Waals surface area contributed by atoms with Crippen molar-refractivity contribution in [3.63, 3.8) is 0 Å². The first-order valence-corrected chi connectivity index (χ1v) is 12.3. The van der Waals surface area contributed by atoms with Crippen LogP contribution in [-0.2, 0) is 16.6 Å². The van der Waals surface area contributed by atoms with Crippen molar-refractivity contribution in [1.82, 2.24) is 9.62 Å². The van der Waals surface area contributed by atoms with Gasteiger partial charge in [-0.05, 0) is 43.2 Å². The Labute approximate surface area is 185 Å². The molecule has 168 valence electrons. The van der Waals surface area contributed by atoms with Gasteiger partial charge in [-0.3, -0.25) is 4.79 Å². The van der Waals surface area contributed by atoms with Crippen molar-refractivity contribution in [1.29, 1.82) is 0 Å². The zero-order valence-corrected chi connectivity index (χ0v) is 19.2. The largest absolute Gasteiger partial charge is 0.496 e. The lowest BCUT2D eigenvalue weighted by molar-refractivity contribution is 0.0930. The lowest BCUT2D eigenvalue weighted by Crippen LogP contribution is -2.35. The van der Waals surface area contributed by atoms with Gasteiger partial charge >= 0.3 is 0 Å². The fraction of sp³-hybridized carbons (Fsp3) is 0.458. The molecule has 0 atom stereocenters. The van der Waals surface area contributed by atoms with Gasteiger partial charge < -0.3 is 10.1 Å². The minimum Gasteiger partial charge on any atom is -0.496 e. The second-order valence-corrected chi connectivity index (χ2v) is 10.2. The third kappa shape index (κ3) is 6.08. The number of rotatable bonds is 7. The number of carbonyl (C=O) groups excluding carboxylic acids is 1. The maximum atomic E-state index is 12.9. The minimum absolute atomic E-state index is 0.102. The van der Waals surface area contributed by atoms with Gasteiger partial charge in [0.25, 0.3) is 5.91 Å². The monoisotopic (exact) mass is 444 g/mol. The molecule has 7 heteroatoms. The summed E-state index contributed by atoms with van der Waals surface area (Å²) in [6.45, 7) is 0.102. The van der Waals surface area contributed by atoms with Gasteiger partial charge in [0.15, 0.2) is 0 Å². The molecule has 0 bridgehead atoms. The maximum Gasteiger partial charge on any atom is 0.251 e. The van der Waals surface area contributed by atoms with Crippen LogP contribution < -0.4 is 10.1 Å². The predicted octanol–water partition coefficient (Wildman–Crippen LogP) is 4.36. The van der Waals surface area contributed by atoms with Crippen molar-refractivity contribution in [2.24, 2.45) is 0 Å². The van der Waals surface area contributed by atoms with Gasteiger partial charge in [0.2, 0.25) is 10.0 Å². The van der Waals surface area contributed by atoms with Crippen LogP contribution >= 0.6 is 0 Å². The Morgan fingerprint density at radius 3 is 2.32 bits per heavy atom. The first-order chi connectivity index (χ1) is 14.9. The highest BCUT2D eigenvalue weighted by molar-refractivity contribution is 7.89. The molecule has 1 fully saturated rings. The van der Waals surface area contributed by atoms with Crippen LogP contribution in [-0.4, -0.2) is 38.8 Å². The van der Waals surface area contributed by atoms with E-state index < -0.39 is 10.0 Å². The molecular formula is C24H32N2O4S. The Hall–Kier alpha value is -2.38. The molecule has 0 spiro atoms. The molecule has 0 aliphatic heterocycles. The molecule has 1 N–H and O–H groups in total. The number of nitrogens with one attached hydrogen (secondary N) is 1. The van der Waals surface area contributed by atoms with Gasteiger partial charge in [0.1, 0.15) is 5.75 Å². The lowest BCUT2D eigenvalue weighted by Gasteiger charge is -2.22. The third-order valence-corrected chi connectivity index (χ3v) is 7.64. The average molecular weight is 445 g/mol. The zero-order chi connectivity index (χ0) is 22.3. The first kappa shape index (κ1) is 23.3. The van der Waals surface area contributed by atoms with Crippen molar-refractivity contribution in [2.45, 2.75) is 62.4 Å². The second-order valence-electron chi connectivity index (χ2n) is 8.12. The Morgan fingerprint density at radius 1 is 1.03 bits per heavy atom. The van der Waals surface area contributed by atoms with Crippen LogP contribution in [0.25, 0.3) is 0 Å². The summed E-state index contributed by atoms with van der Waals surface area (Å²) in [5.74, 6) is 0.431. The van der Waals surface area contributed by atoms with E-state index in [1.54, 1.807) is 55.6 Å². The Kier molecular flexibility index (Phi) is 8.09. The normalized spacial score (nSPS) is 15.8. The van der Waals surface area contributed by atoms with Crippen molar-refractivity contribution < 1.29 is 17.9 Å². The number of methoxy groups -OCH3 is 1. The quantitative estimate of drug-likeness (QED) is 0.689. The summed E-state index contributed by atoms with van der Waals surface area (Å²) in [7, 11) is -0.577. The summed E-state index contributed by atoms with van der Waals surface area (Å²) in [6.07, 6.45) is 8.02. The number of amides is 1. The Bertz CT molecular complexity index is 968. The molecule has 0 unspecified atom stereocenters. The van der Waals surface area contributed by atoms with Crippen LogP contribution in [0.5, 0.6) is 5.75 Å². The first-order valence-electron chi connectivity index (χ1n) is 10.9. The number of hydrogen-bond donors (Lipinski definition) is 1. The lowest BCUT2D eigenvalue weighted by atomic mass is 9.96. The molecule has 0 saturated heterocycles. The van der Waals surface area contributed by atoms with E-state index in [0.717, 1.165) is 25.7 Å². The zero-order valence-electron chi connectivity index (χ0n) is 18.3. The topological polar surface area (TPSA) is 75.7 Å². The highest BCUT2D eigenvalue weighted by Gasteiger charge is 2.23. The van der Waals surface area contributed by atoms with Gasteiger partial charge in [-0.25, -0.2) is 8.42 Å². The van der Waals surface area contributed by atoms with Gasteiger partial charge in [0, 0.05) is 30.8 Å². The van der Waals surface area contributed by atoms with Crippen molar-refractivity contribution >= 4 is 15.9 Å². The number of hydrogen-bond acceptors (Lipinski definition) is 4. The summed E-state index contributed by atoms with van der Waals surface area (Å²) >= 11 is 0. The molecule has 1 amide bonds. The molecule has 2 aromatic rings. The van der Waals surface area contributed by atoms with Crippen molar-refractivity contribution in [2.75, 3.05) is 14.2 Å². The molecule has 6 nitrogen and oxygen atoms in total. The van der Waals surface area contributed by atoms with Gasteiger partial charge in [-0.1, -0.05) is 50.3 Å². The van der Waals surface area contributed by atoms with E-state index in [1.165, 1.54) is 30.6 Å². The summed E-state index contributed by atoms with van der Waals surface area (Å²) in [6, 6.07) is 13.7. The van der Waals surface area contributed by atoms with Crippen molar-refractivity contribution in [3.05, 3.63) is 59.7 Å². The third-order valence-electron chi connectivity index (χ3n) is 5.83. The summed E-state index contributed by atoms with van der Waals surface area (Å²) in [5.41, 5.74) is 1.16. The van der Waals surface area contributed by atoms with E-state index in [-0.39, 0.29) is 23.4 Å². The Balaban J connectivity index is 1.76. The molecule has 3 rings (SSSR count).